The number of rotatable bonds is 3. The molecule has 5 nitrogen and oxygen atoms in total. The molecule has 0 aliphatic carbocycles. The van der Waals surface area contributed by atoms with E-state index in [4.69, 9.17) is 4.74 Å². The van der Waals surface area contributed by atoms with Gasteiger partial charge in [-0.2, -0.15) is 13.2 Å². The van der Waals surface area contributed by atoms with Crippen molar-refractivity contribution in [2.24, 2.45) is 0 Å². The molecule has 8 heteroatoms. The van der Waals surface area contributed by atoms with Crippen LogP contribution >= 0.6 is 0 Å². The monoisotopic (exact) mass is 304 g/mol. The summed E-state index contributed by atoms with van der Waals surface area (Å²) in [4.78, 5) is 12.0. The smallest absolute Gasteiger partial charge is 0.416 e. The summed E-state index contributed by atoms with van der Waals surface area (Å²) in [6.07, 6.45) is -4.24. The molecule has 0 radical (unpaired) electrons. The number of hydrogen-bond donors (Lipinski definition) is 3. The van der Waals surface area contributed by atoms with Crippen molar-refractivity contribution in [3.8, 4) is 5.75 Å². The number of phenols is 1. The summed E-state index contributed by atoms with van der Waals surface area (Å²) < 4.78 is 42.9. The topological polar surface area (TPSA) is 70.6 Å². The Labute approximate surface area is 119 Å². The Morgan fingerprint density at radius 1 is 1.48 bits per heavy atom. The average Bonchev–Trinajstić information content (AvgIpc) is 2.88. The van der Waals surface area contributed by atoms with E-state index in [0.29, 0.717) is 19.0 Å². The number of methoxy groups -OCH3 is 1. The zero-order chi connectivity index (χ0) is 15.6. The fourth-order valence-electron chi connectivity index (χ4n) is 2.11. The highest BCUT2D eigenvalue weighted by Crippen LogP contribution is 2.34. The molecule has 1 aromatic carbocycles. The lowest BCUT2D eigenvalue weighted by Gasteiger charge is -2.14. The minimum Gasteiger partial charge on any atom is -0.506 e. The van der Waals surface area contributed by atoms with Crippen LogP contribution in [0.1, 0.15) is 12.0 Å². The lowest BCUT2D eigenvalue weighted by Crippen LogP contribution is -2.35. The van der Waals surface area contributed by atoms with Gasteiger partial charge in [-0.3, -0.25) is 4.79 Å². The van der Waals surface area contributed by atoms with E-state index in [1.807, 2.05) is 0 Å². The molecule has 21 heavy (non-hydrogen) atoms. The Morgan fingerprint density at radius 3 is 2.76 bits per heavy atom. The fourth-order valence-corrected chi connectivity index (χ4v) is 2.11. The predicted molar refractivity (Wildman–Crippen MR) is 68.9 cm³/mol. The SMILES string of the molecule is COC1CNC(C(=O)Nc2cc(C(F)(F)F)ccc2O)C1. The second-order valence-electron chi connectivity index (χ2n) is 4.77. The first-order valence-corrected chi connectivity index (χ1v) is 6.28. The molecule has 1 aliphatic heterocycles. The molecule has 2 atom stereocenters. The van der Waals surface area contributed by atoms with Crippen molar-refractivity contribution >= 4 is 11.6 Å². The number of benzene rings is 1. The second-order valence-corrected chi connectivity index (χ2v) is 4.77. The molecule has 0 saturated carbocycles. The van der Waals surface area contributed by atoms with Crippen LogP contribution in [0.3, 0.4) is 0 Å². The molecule has 2 rings (SSSR count). The van der Waals surface area contributed by atoms with Crippen molar-refractivity contribution in [3.63, 3.8) is 0 Å². The van der Waals surface area contributed by atoms with Crippen LogP contribution in [0.4, 0.5) is 18.9 Å². The molecule has 1 aromatic rings. The third-order valence-electron chi connectivity index (χ3n) is 3.32. The molecular weight excluding hydrogens is 289 g/mol. The van der Waals surface area contributed by atoms with Crippen LogP contribution in [0.2, 0.25) is 0 Å². The normalized spacial score (nSPS) is 22.3. The Bertz CT molecular complexity index is 534. The van der Waals surface area contributed by atoms with Crippen molar-refractivity contribution in [1.29, 1.82) is 0 Å². The van der Waals surface area contributed by atoms with Gasteiger partial charge >= 0.3 is 6.18 Å². The standard InChI is InChI=1S/C13H15F3N2O3/c1-21-8-5-10(17-6-8)12(20)18-9-4-7(13(14,15)16)2-3-11(9)19/h2-4,8,10,17,19H,5-6H2,1H3,(H,18,20). The lowest BCUT2D eigenvalue weighted by molar-refractivity contribution is -0.137. The summed E-state index contributed by atoms with van der Waals surface area (Å²) in [5, 5.41) is 14.8. The highest BCUT2D eigenvalue weighted by atomic mass is 19.4. The van der Waals surface area contributed by atoms with E-state index in [2.05, 4.69) is 10.6 Å². The molecule has 3 N–H and O–H groups in total. The van der Waals surface area contributed by atoms with E-state index in [9.17, 15) is 23.1 Å². The van der Waals surface area contributed by atoms with Gasteiger partial charge < -0.3 is 20.5 Å². The van der Waals surface area contributed by atoms with Crippen molar-refractivity contribution < 1.29 is 27.8 Å². The number of phenolic OH excluding ortho intramolecular Hbond substituents is 1. The zero-order valence-electron chi connectivity index (χ0n) is 11.2. The summed E-state index contributed by atoms with van der Waals surface area (Å²) >= 11 is 0. The van der Waals surface area contributed by atoms with Crippen LogP contribution < -0.4 is 10.6 Å². The molecule has 1 fully saturated rings. The average molecular weight is 304 g/mol. The molecule has 0 aromatic heterocycles. The van der Waals surface area contributed by atoms with E-state index < -0.39 is 29.4 Å². The summed E-state index contributed by atoms with van der Waals surface area (Å²) in [5.41, 5.74) is -1.21. The third-order valence-corrected chi connectivity index (χ3v) is 3.32. The van der Waals surface area contributed by atoms with Gasteiger partial charge in [-0.1, -0.05) is 0 Å². The fraction of sp³-hybridized carbons (Fsp3) is 0.462. The van der Waals surface area contributed by atoms with Crippen LogP contribution in [0.15, 0.2) is 18.2 Å². The van der Waals surface area contributed by atoms with E-state index in [-0.39, 0.29) is 11.8 Å². The lowest BCUT2D eigenvalue weighted by atomic mass is 10.1. The van der Waals surface area contributed by atoms with Gasteiger partial charge in [-0.05, 0) is 24.6 Å². The van der Waals surface area contributed by atoms with Crippen LogP contribution in [0.25, 0.3) is 0 Å². The zero-order valence-corrected chi connectivity index (χ0v) is 11.2. The molecule has 1 aliphatic rings. The number of alkyl halides is 3. The highest BCUT2D eigenvalue weighted by Gasteiger charge is 2.32. The van der Waals surface area contributed by atoms with Gasteiger partial charge in [0.15, 0.2) is 0 Å². The molecule has 116 valence electrons. The first kappa shape index (κ1) is 15.6. The summed E-state index contributed by atoms with van der Waals surface area (Å²) in [6, 6.07) is 1.79. The highest BCUT2D eigenvalue weighted by molar-refractivity contribution is 5.96. The summed E-state index contributed by atoms with van der Waals surface area (Å²) in [6.45, 7) is 0.489. The molecular formula is C13H15F3N2O3. The van der Waals surface area contributed by atoms with E-state index in [0.717, 1.165) is 12.1 Å². The van der Waals surface area contributed by atoms with Gasteiger partial charge in [-0.15, -0.1) is 0 Å². The van der Waals surface area contributed by atoms with Crippen molar-refractivity contribution in [2.75, 3.05) is 19.0 Å². The van der Waals surface area contributed by atoms with Crippen LogP contribution in [-0.2, 0) is 15.7 Å². The summed E-state index contributed by atoms with van der Waals surface area (Å²) in [7, 11) is 1.52. The number of ether oxygens (including phenoxy) is 1. The molecule has 0 bridgehead atoms. The maximum atomic E-state index is 12.6. The van der Waals surface area contributed by atoms with Crippen LogP contribution in [0.5, 0.6) is 5.75 Å². The van der Waals surface area contributed by atoms with E-state index >= 15 is 0 Å². The number of carbonyl (C=O) groups is 1. The first-order chi connectivity index (χ1) is 9.81. The van der Waals surface area contributed by atoms with Gasteiger partial charge in [0, 0.05) is 13.7 Å². The molecule has 0 spiro atoms. The van der Waals surface area contributed by atoms with Gasteiger partial charge in [0.2, 0.25) is 5.91 Å². The minimum atomic E-state index is -4.54. The number of nitrogens with one attached hydrogen (secondary N) is 2. The third kappa shape index (κ3) is 3.64. The van der Waals surface area contributed by atoms with E-state index in [1.165, 1.54) is 7.11 Å². The van der Waals surface area contributed by atoms with Crippen molar-refractivity contribution in [2.45, 2.75) is 24.7 Å². The minimum absolute atomic E-state index is 0.115. The first-order valence-electron chi connectivity index (χ1n) is 6.28. The Morgan fingerprint density at radius 2 is 2.19 bits per heavy atom. The van der Waals surface area contributed by atoms with Crippen molar-refractivity contribution in [1.82, 2.24) is 5.32 Å². The number of anilines is 1. The quantitative estimate of drug-likeness (QED) is 0.744. The van der Waals surface area contributed by atoms with Gasteiger partial charge in [0.25, 0.3) is 0 Å². The van der Waals surface area contributed by atoms with Gasteiger partial charge in [0.1, 0.15) is 5.75 Å². The number of hydrogen-bond acceptors (Lipinski definition) is 4. The van der Waals surface area contributed by atoms with Gasteiger partial charge in [-0.25, -0.2) is 0 Å². The molecule has 1 saturated heterocycles. The Hall–Kier alpha value is -1.80. The van der Waals surface area contributed by atoms with E-state index in [1.54, 1.807) is 0 Å². The maximum absolute atomic E-state index is 12.6. The molecule has 1 heterocycles. The maximum Gasteiger partial charge on any atom is 0.416 e. The number of carbonyl (C=O) groups excluding carboxylic acids is 1. The number of amides is 1. The van der Waals surface area contributed by atoms with Crippen LogP contribution in [0, 0.1) is 0 Å². The van der Waals surface area contributed by atoms with Crippen molar-refractivity contribution in [3.05, 3.63) is 23.8 Å². The van der Waals surface area contributed by atoms with Crippen LogP contribution in [-0.4, -0.2) is 36.8 Å². The van der Waals surface area contributed by atoms with Gasteiger partial charge in [0.05, 0.1) is 23.4 Å². The molecule has 2 unspecified atom stereocenters. The summed E-state index contributed by atoms with van der Waals surface area (Å²) in [5.74, 6) is -0.929. The number of aromatic hydroxyl groups is 1. The Kier molecular flexibility index (Phi) is 4.38. The Balaban J connectivity index is 2.10. The predicted octanol–water partition coefficient (Wildman–Crippen LogP) is 1.73. The molecule has 1 amide bonds. The number of halogens is 3. The largest absolute Gasteiger partial charge is 0.506 e. The second kappa shape index (κ2) is 5.90.